The summed E-state index contributed by atoms with van der Waals surface area (Å²) >= 11 is 0. The fourth-order valence-electron chi connectivity index (χ4n) is 2.24. The molecule has 2 aromatic rings. The Kier molecular flexibility index (Phi) is 5.19. The first-order chi connectivity index (χ1) is 11.0. The van der Waals surface area contributed by atoms with Gasteiger partial charge in [-0.25, -0.2) is 0 Å². The highest BCUT2D eigenvalue weighted by atomic mass is 16.3. The lowest BCUT2D eigenvalue weighted by Crippen LogP contribution is -2.37. The fraction of sp³-hybridized carbons (Fsp3) is 0.176. The van der Waals surface area contributed by atoms with Crippen molar-refractivity contribution in [3.8, 4) is 0 Å². The number of carbonyl (C=O) groups is 2. The van der Waals surface area contributed by atoms with Crippen molar-refractivity contribution in [2.75, 3.05) is 0 Å². The summed E-state index contributed by atoms with van der Waals surface area (Å²) in [7, 11) is 0. The van der Waals surface area contributed by atoms with Crippen LogP contribution in [0.3, 0.4) is 0 Å². The zero-order valence-electron chi connectivity index (χ0n) is 12.7. The van der Waals surface area contributed by atoms with E-state index in [4.69, 9.17) is 5.73 Å². The van der Waals surface area contributed by atoms with Gasteiger partial charge in [0.2, 0.25) is 5.91 Å². The summed E-state index contributed by atoms with van der Waals surface area (Å²) in [6.45, 7) is 1.87. The fourth-order valence-corrected chi connectivity index (χ4v) is 2.24. The summed E-state index contributed by atoms with van der Waals surface area (Å²) in [5.41, 5.74) is 7.52. The Labute approximate surface area is 133 Å². The maximum Gasteiger partial charge on any atom is 0.262 e. The maximum atomic E-state index is 12.5. The maximum absolute atomic E-state index is 12.5. The predicted molar refractivity (Wildman–Crippen MR) is 85.9 cm³/mol. The van der Waals surface area contributed by atoms with Gasteiger partial charge in [0.15, 0.2) is 0 Å². The van der Waals surface area contributed by atoms with Crippen molar-refractivity contribution in [2.45, 2.75) is 19.4 Å². The van der Waals surface area contributed by atoms with E-state index in [2.05, 4.69) is 5.29 Å². The number of benzene rings is 2. The van der Waals surface area contributed by atoms with E-state index in [1.165, 1.54) is 0 Å². The molecule has 0 aliphatic heterocycles. The van der Waals surface area contributed by atoms with Crippen LogP contribution in [0.5, 0.6) is 0 Å². The van der Waals surface area contributed by atoms with Crippen LogP contribution >= 0.6 is 0 Å². The van der Waals surface area contributed by atoms with Gasteiger partial charge in [0, 0.05) is 0 Å². The monoisotopic (exact) mass is 311 g/mol. The van der Waals surface area contributed by atoms with Gasteiger partial charge in [0.05, 0.1) is 11.8 Å². The van der Waals surface area contributed by atoms with Crippen molar-refractivity contribution < 1.29 is 9.59 Å². The number of nitrogens with zero attached hydrogens (tertiary/aromatic N) is 2. The van der Waals surface area contributed by atoms with Crippen molar-refractivity contribution in [1.29, 1.82) is 0 Å². The Balaban J connectivity index is 2.26. The highest BCUT2D eigenvalue weighted by molar-refractivity contribution is 6.04. The van der Waals surface area contributed by atoms with E-state index < -0.39 is 17.7 Å². The summed E-state index contributed by atoms with van der Waals surface area (Å²) in [6.07, 6.45) is 0. The van der Waals surface area contributed by atoms with Crippen molar-refractivity contribution in [2.24, 2.45) is 11.0 Å². The molecule has 0 aromatic heterocycles. The minimum Gasteiger partial charge on any atom is -0.369 e. The topological polar surface area (TPSA) is 92.8 Å². The molecular formula is C17H17N3O3. The Hall–Kier alpha value is -3.02. The third-order valence-electron chi connectivity index (χ3n) is 3.47. The summed E-state index contributed by atoms with van der Waals surface area (Å²) < 4.78 is 0. The Morgan fingerprint density at radius 3 is 2.22 bits per heavy atom. The van der Waals surface area contributed by atoms with Gasteiger partial charge in [-0.15, -0.1) is 4.91 Å². The second-order valence-corrected chi connectivity index (χ2v) is 5.21. The molecule has 6 heteroatoms. The van der Waals surface area contributed by atoms with Crippen LogP contribution in [0.15, 0.2) is 59.9 Å². The number of hydrogen-bond acceptors (Lipinski definition) is 4. The molecule has 0 aliphatic rings. The summed E-state index contributed by atoms with van der Waals surface area (Å²) in [5, 5.41) is 3.48. The Morgan fingerprint density at radius 2 is 1.70 bits per heavy atom. The van der Waals surface area contributed by atoms with Crippen LogP contribution in [0.1, 0.15) is 22.6 Å². The van der Waals surface area contributed by atoms with Gasteiger partial charge in [0.1, 0.15) is 5.92 Å². The van der Waals surface area contributed by atoms with Gasteiger partial charge in [-0.1, -0.05) is 60.2 Å². The number of hydrogen-bond donors (Lipinski definition) is 1. The van der Waals surface area contributed by atoms with Gasteiger partial charge in [-0.05, 0) is 18.1 Å². The number of carbonyl (C=O) groups excluding carboxylic acids is 2. The van der Waals surface area contributed by atoms with Crippen LogP contribution in [0, 0.1) is 11.8 Å². The van der Waals surface area contributed by atoms with Crippen LogP contribution in [0.4, 0.5) is 0 Å². The molecule has 0 heterocycles. The Morgan fingerprint density at radius 1 is 1.09 bits per heavy atom. The van der Waals surface area contributed by atoms with Crippen LogP contribution in [-0.2, 0) is 16.1 Å². The standard InChI is InChI=1S/C17H17N3O3/c1-12-7-9-14(10-8-12)15(16(18)21)17(22)20(19-23)11-13-5-3-2-4-6-13/h2-10,15H,11H2,1H3,(H2,18,21). The molecular weight excluding hydrogens is 294 g/mol. The molecule has 0 aliphatic carbocycles. The SMILES string of the molecule is Cc1ccc(C(C(N)=O)C(=O)N(Cc2ccccc2)N=O)cc1. The van der Waals surface area contributed by atoms with Crippen molar-refractivity contribution in [1.82, 2.24) is 5.01 Å². The van der Waals surface area contributed by atoms with Crippen LogP contribution in [-0.4, -0.2) is 16.8 Å². The Bertz CT molecular complexity index is 699. The third-order valence-corrected chi connectivity index (χ3v) is 3.47. The number of primary amides is 1. The number of nitrogens with two attached hydrogens (primary N) is 1. The van der Waals surface area contributed by atoms with E-state index in [0.29, 0.717) is 5.56 Å². The highest BCUT2D eigenvalue weighted by Crippen LogP contribution is 2.20. The number of nitroso groups, excluding NO2 is 1. The minimum absolute atomic E-state index is 0.0151. The van der Waals surface area contributed by atoms with E-state index >= 15 is 0 Å². The molecule has 0 saturated carbocycles. The molecule has 1 atom stereocenters. The zero-order chi connectivity index (χ0) is 16.8. The van der Waals surface area contributed by atoms with Gasteiger partial charge in [-0.3, -0.25) is 9.59 Å². The van der Waals surface area contributed by atoms with Crippen LogP contribution in [0.25, 0.3) is 0 Å². The second kappa shape index (κ2) is 7.31. The molecule has 118 valence electrons. The smallest absolute Gasteiger partial charge is 0.262 e. The molecule has 0 spiro atoms. The first kappa shape index (κ1) is 16.4. The number of aryl methyl sites for hydroxylation is 1. The van der Waals surface area contributed by atoms with E-state index in [0.717, 1.165) is 16.1 Å². The summed E-state index contributed by atoms with van der Waals surface area (Å²) in [6, 6.07) is 15.8. The number of amides is 2. The average molecular weight is 311 g/mol. The lowest BCUT2D eigenvalue weighted by molar-refractivity contribution is -0.138. The third kappa shape index (κ3) is 4.00. The predicted octanol–water partition coefficient (Wildman–Crippen LogP) is 2.27. The molecule has 0 radical (unpaired) electrons. The van der Waals surface area contributed by atoms with Crippen molar-refractivity contribution in [3.63, 3.8) is 0 Å². The molecule has 0 fully saturated rings. The minimum atomic E-state index is -1.24. The quantitative estimate of drug-likeness (QED) is 0.504. The molecule has 0 bridgehead atoms. The molecule has 2 rings (SSSR count). The van der Waals surface area contributed by atoms with Crippen LogP contribution in [0.2, 0.25) is 0 Å². The summed E-state index contributed by atoms with van der Waals surface area (Å²) in [5.74, 6) is -2.79. The van der Waals surface area contributed by atoms with E-state index in [1.807, 2.05) is 13.0 Å². The lowest BCUT2D eigenvalue weighted by Gasteiger charge is -2.19. The molecule has 2 aromatic carbocycles. The van der Waals surface area contributed by atoms with E-state index in [9.17, 15) is 14.5 Å². The molecule has 1 unspecified atom stereocenters. The summed E-state index contributed by atoms with van der Waals surface area (Å²) in [4.78, 5) is 35.3. The van der Waals surface area contributed by atoms with Gasteiger partial charge < -0.3 is 5.73 Å². The normalized spacial score (nSPS) is 11.5. The van der Waals surface area contributed by atoms with Gasteiger partial charge in [0.25, 0.3) is 5.91 Å². The zero-order valence-corrected chi connectivity index (χ0v) is 12.7. The highest BCUT2D eigenvalue weighted by Gasteiger charge is 2.31. The molecule has 2 amide bonds. The van der Waals surface area contributed by atoms with E-state index in [1.54, 1.807) is 48.5 Å². The van der Waals surface area contributed by atoms with Crippen molar-refractivity contribution in [3.05, 3.63) is 76.2 Å². The lowest BCUT2D eigenvalue weighted by atomic mass is 9.96. The van der Waals surface area contributed by atoms with Gasteiger partial charge >= 0.3 is 0 Å². The first-order valence-electron chi connectivity index (χ1n) is 7.07. The largest absolute Gasteiger partial charge is 0.369 e. The molecule has 2 N–H and O–H groups in total. The number of rotatable bonds is 6. The van der Waals surface area contributed by atoms with Crippen molar-refractivity contribution >= 4 is 11.8 Å². The van der Waals surface area contributed by atoms with E-state index in [-0.39, 0.29) is 6.54 Å². The molecule has 23 heavy (non-hydrogen) atoms. The first-order valence-corrected chi connectivity index (χ1v) is 7.07. The second-order valence-electron chi connectivity index (χ2n) is 5.21. The molecule has 6 nitrogen and oxygen atoms in total. The van der Waals surface area contributed by atoms with Crippen LogP contribution < -0.4 is 5.73 Å². The average Bonchev–Trinajstić information content (AvgIpc) is 2.55. The van der Waals surface area contributed by atoms with Gasteiger partial charge in [-0.2, -0.15) is 5.01 Å². The molecule has 0 saturated heterocycles.